The van der Waals surface area contributed by atoms with Gasteiger partial charge in [-0.1, -0.05) is 18.5 Å². The van der Waals surface area contributed by atoms with Gasteiger partial charge in [-0.05, 0) is 12.5 Å². The lowest BCUT2D eigenvalue weighted by atomic mass is 10.2. The number of hydrogen-bond donors (Lipinski definition) is 2. The van der Waals surface area contributed by atoms with Crippen molar-refractivity contribution in [1.82, 2.24) is 9.55 Å². The summed E-state index contributed by atoms with van der Waals surface area (Å²) in [5.74, 6) is -2.79. The average molecular weight is 303 g/mol. The van der Waals surface area contributed by atoms with Crippen LogP contribution < -0.4 is 11.2 Å². The molecule has 2 aromatic rings. The van der Waals surface area contributed by atoms with Crippen molar-refractivity contribution in [2.75, 3.05) is 0 Å². The summed E-state index contributed by atoms with van der Waals surface area (Å²) < 4.78 is 27.3. The summed E-state index contributed by atoms with van der Waals surface area (Å²) in [5, 5.41) is 9.54. The number of aromatic hydroxyl groups is 1. The van der Waals surface area contributed by atoms with E-state index in [0.717, 1.165) is 6.07 Å². The van der Waals surface area contributed by atoms with Gasteiger partial charge in [-0.25, -0.2) is 18.1 Å². The van der Waals surface area contributed by atoms with Crippen LogP contribution in [-0.2, 0) is 6.42 Å². The van der Waals surface area contributed by atoms with E-state index in [9.17, 15) is 23.5 Å². The minimum absolute atomic E-state index is 0.107. The second kappa shape index (κ2) is 5.09. The summed E-state index contributed by atoms with van der Waals surface area (Å²) in [6.07, 6.45) is 0.113. The fourth-order valence-corrected chi connectivity index (χ4v) is 2.11. The molecule has 106 valence electrons. The summed E-state index contributed by atoms with van der Waals surface area (Å²) in [7, 11) is 0. The van der Waals surface area contributed by atoms with Gasteiger partial charge >= 0.3 is 5.69 Å². The van der Waals surface area contributed by atoms with Crippen molar-refractivity contribution in [2.24, 2.45) is 0 Å². The Morgan fingerprint density at radius 2 is 2.00 bits per heavy atom. The lowest BCUT2D eigenvalue weighted by Gasteiger charge is -2.12. The minimum atomic E-state index is -1.14. The SMILES string of the molecule is CCc1c(O)n(-c2c(F)cc(F)cc2Cl)c(=O)[nH]c1=O. The lowest BCUT2D eigenvalue weighted by molar-refractivity contribution is 0.420. The van der Waals surface area contributed by atoms with Gasteiger partial charge < -0.3 is 5.11 Å². The highest BCUT2D eigenvalue weighted by Crippen LogP contribution is 2.27. The van der Waals surface area contributed by atoms with Gasteiger partial charge in [-0.15, -0.1) is 0 Å². The number of aromatic nitrogens is 2. The molecule has 1 aromatic carbocycles. The molecule has 1 aromatic heterocycles. The molecule has 0 saturated carbocycles. The number of H-pyrrole nitrogens is 1. The summed E-state index contributed by atoms with van der Waals surface area (Å²) in [5.41, 5.74) is -2.48. The van der Waals surface area contributed by atoms with E-state index in [-0.39, 0.29) is 12.0 Å². The highest BCUT2D eigenvalue weighted by molar-refractivity contribution is 6.32. The van der Waals surface area contributed by atoms with Crippen LogP contribution in [0.15, 0.2) is 21.7 Å². The van der Waals surface area contributed by atoms with Crippen molar-refractivity contribution in [3.8, 4) is 11.6 Å². The van der Waals surface area contributed by atoms with Crippen LogP contribution in [0.25, 0.3) is 5.69 Å². The number of halogens is 3. The first-order valence-electron chi connectivity index (χ1n) is 5.58. The van der Waals surface area contributed by atoms with E-state index in [1.54, 1.807) is 6.92 Å². The predicted octanol–water partition coefficient (Wildman–Crippen LogP) is 1.73. The molecule has 0 amide bonds. The van der Waals surface area contributed by atoms with Gasteiger partial charge in [-0.3, -0.25) is 9.78 Å². The molecule has 0 spiro atoms. The topological polar surface area (TPSA) is 75.1 Å². The van der Waals surface area contributed by atoms with E-state index < -0.39 is 39.5 Å². The Hall–Kier alpha value is -2.15. The van der Waals surface area contributed by atoms with Crippen LogP contribution in [0.3, 0.4) is 0 Å². The van der Waals surface area contributed by atoms with E-state index in [2.05, 4.69) is 0 Å². The van der Waals surface area contributed by atoms with Crippen molar-refractivity contribution >= 4 is 11.6 Å². The van der Waals surface area contributed by atoms with Crippen LogP contribution in [0.4, 0.5) is 8.78 Å². The zero-order valence-corrected chi connectivity index (χ0v) is 11.0. The molecular weight excluding hydrogens is 294 g/mol. The molecule has 0 aliphatic heterocycles. The summed E-state index contributed by atoms with van der Waals surface area (Å²) in [4.78, 5) is 25.2. The molecule has 8 heteroatoms. The molecule has 5 nitrogen and oxygen atoms in total. The van der Waals surface area contributed by atoms with E-state index in [1.807, 2.05) is 4.98 Å². The standard InChI is InChI=1S/C12H9ClF2N2O3/c1-2-6-10(18)16-12(20)17(11(6)19)9-7(13)3-5(14)4-8(9)15/h3-4,19H,2H2,1H3,(H,16,18,20). The second-order valence-electron chi connectivity index (χ2n) is 3.97. The zero-order chi connectivity index (χ0) is 15.0. The highest BCUT2D eigenvalue weighted by atomic mass is 35.5. The largest absolute Gasteiger partial charge is 0.494 e. The fraction of sp³-hybridized carbons (Fsp3) is 0.167. The first-order chi connectivity index (χ1) is 9.36. The highest BCUT2D eigenvalue weighted by Gasteiger charge is 2.20. The first-order valence-corrected chi connectivity index (χ1v) is 5.96. The van der Waals surface area contributed by atoms with Crippen molar-refractivity contribution in [3.63, 3.8) is 0 Å². The number of benzene rings is 1. The molecule has 2 N–H and O–H groups in total. The molecule has 0 saturated heterocycles. The smallest absolute Gasteiger partial charge is 0.335 e. The van der Waals surface area contributed by atoms with Gasteiger partial charge in [0.25, 0.3) is 5.56 Å². The first kappa shape index (κ1) is 14.3. The maximum atomic E-state index is 13.8. The van der Waals surface area contributed by atoms with Crippen LogP contribution in [0.1, 0.15) is 12.5 Å². The molecule has 2 rings (SSSR count). The maximum absolute atomic E-state index is 13.8. The quantitative estimate of drug-likeness (QED) is 0.887. The van der Waals surface area contributed by atoms with Gasteiger partial charge in [0, 0.05) is 6.07 Å². The Morgan fingerprint density at radius 1 is 1.35 bits per heavy atom. The van der Waals surface area contributed by atoms with E-state index in [0.29, 0.717) is 10.6 Å². The maximum Gasteiger partial charge on any atom is 0.335 e. The van der Waals surface area contributed by atoms with Gasteiger partial charge in [0.05, 0.1) is 10.6 Å². The number of rotatable bonds is 2. The number of nitrogens with one attached hydrogen (secondary N) is 1. The van der Waals surface area contributed by atoms with Crippen molar-refractivity contribution in [1.29, 1.82) is 0 Å². The molecule has 0 fully saturated rings. The monoisotopic (exact) mass is 302 g/mol. The van der Waals surface area contributed by atoms with Crippen LogP contribution in [0, 0.1) is 11.6 Å². The van der Waals surface area contributed by atoms with Crippen LogP contribution in [0.2, 0.25) is 5.02 Å². The van der Waals surface area contributed by atoms with Crippen molar-refractivity contribution < 1.29 is 13.9 Å². The van der Waals surface area contributed by atoms with Crippen LogP contribution in [-0.4, -0.2) is 14.7 Å². The minimum Gasteiger partial charge on any atom is -0.494 e. The Labute approximate surface area is 116 Å². The van der Waals surface area contributed by atoms with Crippen LogP contribution in [0.5, 0.6) is 5.88 Å². The van der Waals surface area contributed by atoms with E-state index in [1.165, 1.54) is 0 Å². The van der Waals surface area contributed by atoms with Gasteiger partial charge in [0.1, 0.15) is 11.5 Å². The van der Waals surface area contributed by atoms with E-state index in [4.69, 9.17) is 11.6 Å². The Balaban J connectivity index is 2.91. The van der Waals surface area contributed by atoms with Crippen LogP contribution >= 0.6 is 11.6 Å². The molecule has 1 heterocycles. The van der Waals surface area contributed by atoms with Gasteiger partial charge in [0.15, 0.2) is 5.82 Å². The third kappa shape index (κ3) is 2.20. The fourth-order valence-electron chi connectivity index (χ4n) is 1.84. The molecule has 0 radical (unpaired) electrons. The third-order valence-electron chi connectivity index (χ3n) is 2.74. The number of hydrogen-bond acceptors (Lipinski definition) is 3. The van der Waals surface area contributed by atoms with E-state index >= 15 is 0 Å². The summed E-state index contributed by atoms with van der Waals surface area (Å²) >= 11 is 5.71. The molecule has 0 unspecified atom stereocenters. The predicted molar refractivity (Wildman–Crippen MR) is 68.6 cm³/mol. The molecule has 0 bridgehead atoms. The summed E-state index contributed by atoms with van der Waals surface area (Å²) in [6, 6.07) is 1.31. The molecule has 0 atom stereocenters. The molecule has 0 aliphatic carbocycles. The molecule has 0 aliphatic rings. The Bertz CT molecular complexity index is 775. The Morgan fingerprint density at radius 3 is 2.55 bits per heavy atom. The normalized spacial score (nSPS) is 10.8. The Kier molecular flexibility index (Phi) is 3.63. The van der Waals surface area contributed by atoms with Gasteiger partial charge in [0.2, 0.25) is 5.88 Å². The van der Waals surface area contributed by atoms with Crippen molar-refractivity contribution in [3.05, 3.63) is 55.2 Å². The molecule has 20 heavy (non-hydrogen) atoms. The van der Waals surface area contributed by atoms with Gasteiger partial charge in [-0.2, -0.15) is 0 Å². The number of aromatic amines is 1. The average Bonchev–Trinajstić information content (AvgIpc) is 2.32. The molecular formula is C12H9ClF2N2O3. The van der Waals surface area contributed by atoms with Crippen molar-refractivity contribution in [2.45, 2.75) is 13.3 Å². The lowest BCUT2D eigenvalue weighted by Crippen LogP contribution is -2.31. The second-order valence-corrected chi connectivity index (χ2v) is 4.38. The zero-order valence-electron chi connectivity index (χ0n) is 10.2. The third-order valence-corrected chi connectivity index (χ3v) is 3.03. The number of nitrogens with zero attached hydrogens (tertiary/aromatic N) is 1. The summed E-state index contributed by atoms with van der Waals surface area (Å²) in [6.45, 7) is 1.57.